The van der Waals surface area contributed by atoms with Gasteiger partial charge in [-0.1, -0.05) is 12.1 Å². The standard InChI is InChI=1S/C17H21BrN2O2/c1-11(12-7-8-12)19(2)17(22)13-9-16(21)20(10-13)15-6-4-3-5-14(15)18/h3-6,11-13H,7-10H2,1-2H3/t11-,13-/m1/s1. The Hall–Kier alpha value is -1.36. The van der Waals surface area contributed by atoms with Crippen LogP contribution in [0.15, 0.2) is 28.7 Å². The van der Waals surface area contributed by atoms with Crippen molar-refractivity contribution < 1.29 is 9.59 Å². The Balaban J connectivity index is 1.71. The van der Waals surface area contributed by atoms with E-state index >= 15 is 0 Å². The van der Waals surface area contributed by atoms with Gasteiger partial charge in [-0.2, -0.15) is 0 Å². The van der Waals surface area contributed by atoms with E-state index < -0.39 is 0 Å². The second-order valence-corrected chi connectivity index (χ2v) is 7.24. The summed E-state index contributed by atoms with van der Waals surface area (Å²) in [5.41, 5.74) is 0.848. The molecule has 2 atom stereocenters. The first-order valence-electron chi connectivity index (χ1n) is 7.80. The van der Waals surface area contributed by atoms with Gasteiger partial charge >= 0.3 is 0 Å². The molecule has 0 N–H and O–H groups in total. The number of carbonyl (C=O) groups excluding carboxylic acids is 2. The molecule has 1 saturated heterocycles. The van der Waals surface area contributed by atoms with E-state index in [0.717, 1.165) is 10.2 Å². The number of carbonyl (C=O) groups is 2. The van der Waals surface area contributed by atoms with Gasteiger partial charge < -0.3 is 9.80 Å². The molecule has 1 aliphatic heterocycles. The van der Waals surface area contributed by atoms with Crippen LogP contribution in [0.4, 0.5) is 5.69 Å². The first-order valence-corrected chi connectivity index (χ1v) is 8.60. The number of benzene rings is 1. The molecule has 4 nitrogen and oxygen atoms in total. The van der Waals surface area contributed by atoms with Crippen molar-refractivity contribution in [1.82, 2.24) is 4.90 Å². The summed E-state index contributed by atoms with van der Waals surface area (Å²) >= 11 is 3.48. The average Bonchev–Trinajstić information content (AvgIpc) is 3.29. The summed E-state index contributed by atoms with van der Waals surface area (Å²) in [5, 5.41) is 0. The molecule has 1 aromatic rings. The van der Waals surface area contributed by atoms with Crippen LogP contribution < -0.4 is 4.90 Å². The van der Waals surface area contributed by atoms with Crippen molar-refractivity contribution in [2.24, 2.45) is 11.8 Å². The molecule has 118 valence electrons. The maximum atomic E-state index is 12.7. The second kappa shape index (κ2) is 6.03. The van der Waals surface area contributed by atoms with E-state index in [-0.39, 0.29) is 23.8 Å². The molecule has 2 fully saturated rings. The summed E-state index contributed by atoms with van der Waals surface area (Å²) in [7, 11) is 1.87. The molecule has 0 aromatic heterocycles. The number of hydrogen-bond donors (Lipinski definition) is 0. The minimum absolute atomic E-state index is 0.0257. The van der Waals surface area contributed by atoms with E-state index in [2.05, 4.69) is 22.9 Å². The third-order valence-electron chi connectivity index (χ3n) is 4.88. The van der Waals surface area contributed by atoms with Crippen molar-refractivity contribution in [3.8, 4) is 0 Å². The predicted octanol–water partition coefficient (Wildman–Crippen LogP) is 3.06. The Kier molecular flexibility index (Phi) is 4.26. The van der Waals surface area contributed by atoms with E-state index in [1.807, 2.05) is 36.2 Å². The lowest BCUT2D eigenvalue weighted by Crippen LogP contribution is -2.41. The van der Waals surface area contributed by atoms with Crippen molar-refractivity contribution >= 4 is 33.4 Å². The van der Waals surface area contributed by atoms with Gasteiger partial charge in [0.25, 0.3) is 0 Å². The number of hydrogen-bond acceptors (Lipinski definition) is 2. The number of rotatable bonds is 4. The fraction of sp³-hybridized carbons (Fsp3) is 0.529. The van der Waals surface area contributed by atoms with E-state index in [1.165, 1.54) is 12.8 Å². The molecule has 0 bridgehead atoms. The molecule has 0 radical (unpaired) electrons. The first kappa shape index (κ1) is 15.5. The van der Waals surface area contributed by atoms with Gasteiger partial charge in [-0.25, -0.2) is 0 Å². The minimum atomic E-state index is -0.231. The lowest BCUT2D eigenvalue weighted by atomic mass is 10.1. The van der Waals surface area contributed by atoms with Crippen LogP contribution in [0.1, 0.15) is 26.2 Å². The van der Waals surface area contributed by atoms with Crippen molar-refractivity contribution in [2.75, 3.05) is 18.5 Å². The van der Waals surface area contributed by atoms with Crippen LogP contribution in [0.5, 0.6) is 0 Å². The number of halogens is 1. The second-order valence-electron chi connectivity index (χ2n) is 6.38. The molecule has 3 rings (SSSR count). The maximum absolute atomic E-state index is 12.7. The fourth-order valence-corrected chi connectivity index (χ4v) is 3.66. The van der Waals surface area contributed by atoms with E-state index in [9.17, 15) is 9.59 Å². The van der Waals surface area contributed by atoms with Gasteiger partial charge in [0.2, 0.25) is 11.8 Å². The third-order valence-corrected chi connectivity index (χ3v) is 5.55. The Bertz CT molecular complexity index is 600. The zero-order valence-electron chi connectivity index (χ0n) is 13.0. The summed E-state index contributed by atoms with van der Waals surface area (Å²) in [4.78, 5) is 28.5. The lowest BCUT2D eigenvalue weighted by molar-refractivity contribution is -0.136. The SMILES string of the molecule is C[C@H](C1CC1)N(C)C(=O)[C@@H]1CC(=O)N(c2ccccc2Br)C1. The molecule has 0 unspecified atom stereocenters. The summed E-state index contributed by atoms with van der Waals surface area (Å²) in [6.07, 6.45) is 2.73. The van der Waals surface area contributed by atoms with E-state index in [0.29, 0.717) is 18.9 Å². The third kappa shape index (κ3) is 2.91. The zero-order valence-corrected chi connectivity index (χ0v) is 14.5. The number of amides is 2. The molecule has 2 aliphatic rings. The van der Waals surface area contributed by atoms with Crippen molar-refractivity contribution in [2.45, 2.75) is 32.2 Å². The smallest absolute Gasteiger partial charge is 0.228 e. The van der Waals surface area contributed by atoms with E-state index in [1.54, 1.807) is 4.90 Å². The highest BCUT2D eigenvalue weighted by Crippen LogP contribution is 2.36. The fourth-order valence-electron chi connectivity index (χ4n) is 3.16. The monoisotopic (exact) mass is 364 g/mol. The first-order chi connectivity index (χ1) is 10.5. The Morgan fingerprint density at radius 3 is 2.68 bits per heavy atom. The van der Waals surface area contributed by atoms with Crippen LogP contribution in [0, 0.1) is 11.8 Å². The largest absolute Gasteiger partial charge is 0.342 e. The van der Waals surface area contributed by atoms with Gasteiger partial charge in [0.1, 0.15) is 0 Å². The number of nitrogens with zero attached hydrogens (tertiary/aromatic N) is 2. The molecule has 1 aromatic carbocycles. The number of anilines is 1. The summed E-state index contributed by atoms with van der Waals surface area (Å²) in [6.45, 7) is 2.58. The maximum Gasteiger partial charge on any atom is 0.228 e. The van der Waals surface area contributed by atoms with Gasteiger partial charge in [-0.05, 0) is 53.7 Å². The van der Waals surface area contributed by atoms with Crippen LogP contribution >= 0.6 is 15.9 Å². The topological polar surface area (TPSA) is 40.6 Å². The highest BCUT2D eigenvalue weighted by atomic mass is 79.9. The zero-order chi connectivity index (χ0) is 15.9. The van der Waals surface area contributed by atoms with Gasteiger partial charge in [0, 0.05) is 30.5 Å². The molecule has 5 heteroatoms. The Labute approximate surface area is 139 Å². The van der Waals surface area contributed by atoms with Gasteiger partial charge in [-0.3, -0.25) is 9.59 Å². The molecule has 2 amide bonds. The summed E-state index contributed by atoms with van der Waals surface area (Å²) < 4.78 is 0.885. The van der Waals surface area contributed by atoms with E-state index in [4.69, 9.17) is 0 Å². The molecule has 1 saturated carbocycles. The quantitative estimate of drug-likeness (QED) is 0.823. The molecule has 22 heavy (non-hydrogen) atoms. The predicted molar refractivity (Wildman–Crippen MR) is 89.6 cm³/mol. The Morgan fingerprint density at radius 1 is 1.36 bits per heavy atom. The molecule has 1 aliphatic carbocycles. The van der Waals surface area contributed by atoms with Crippen LogP contribution in [-0.4, -0.2) is 36.3 Å². The van der Waals surface area contributed by atoms with Gasteiger partial charge in [0.05, 0.1) is 11.6 Å². The normalized spacial score (nSPS) is 22.8. The average molecular weight is 365 g/mol. The minimum Gasteiger partial charge on any atom is -0.342 e. The molecule has 0 spiro atoms. The highest BCUT2D eigenvalue weighted by Gasteiger charge is 2.40. The summed E-state index contributed by atoms with van der Waals surface area (Å²) in [6, 6.07) is 7.93. The molecular weight excluding hydrogens is 344 g/mol. The molecule has 1 heterocycles. The Morgan fingerprint density at radius 2 is 2.05 bits per heavy atom. The van der Waals surface area contributed by atoms with Crippen LogP contribution in [-0.2, 0) is 9.59 Å². The van der Waals surface area contributed by atoms with Crippen molar-refractivity contribution in [3.05, 3.63) is 28.7 Å². The number of para-hydroxylation sites is 1. The van der Waals surface area contributed by atoms with Gasteiger partial charge in [-0.15, -0.1) is 0 Å². The van der Waals surface area contributed by atoms with Crippen LogP contribution in [0.25, 0.3) is 0 Å². The van der Waals surface area contributed by atoms with Crippen molar-refractivity contribution in [1.29, 1.82) is 0 Å². The highest BCUT2D eigenvalue weighted by molar-refractivity contribution is 9.10. The van der Waals surface area contributed by atoms with Crippen molar-refractivity contribution in [3.63, 3.8) is 0 Å². The van der Waals surface area contributed by atoms with Crippen LogP contribution in [0.3, 0.4) is 0 Å². The van der Waals surface area contributed by atoms with Crippen LogP contribution in [0.2, 0.25) is 0 Å². The molecular formula is C17H21BrN2O2. The van der Waals surface area contributed by atoms with Gasteiger partial charge in [0.15, 0.2) is 0 Å². The lowest BCUT2D eigenvalue weighted by Gasteiger charge is -2.27. The summed E-state index contributed by atoms with van der Waals surface area (Å²) in [5.74, 6) is 0.538.